The molecule has 1 aliphatic rings. The van der Waals surface area contributed by atoms with E-state index in [1.807, 2.05) is 0 Å². The number of aliphatic carboxylic acids is 1. The summed E-state index contributed by atoms with van der Waals surface area (Å²) in [5, 5.41) is 11.5. The summed E-state index contributed by atoms with van der Waals surface area (Å²) in [7, 11) is 0. The number of nitrogens with one attached hydrogen (secondary N) is 1. The molecule has 0 unspecified atom stereocenters. The minimum absolute atomic E-state index is 0.131. The smallest absolute Gasteiger partial charge is 0.303 e. The molecule has 5 nitrogen and oxygen atoms in total. The minimum Gasteiger partial charge on any atom is -0.481 e. The first-order chi connectivity index (χ1) is 6.95. The number of carboxylic acid groups (broad SMARTS) is 1. The molecule has 0 spiro atoms. The van der Waals surface area contributed by atoms with E-state index in [1.54, 1.807) is 6.92 Å². The van der Waals surface area contributed by atoms with Gasteiger partial charge in [-0.05, 0) is 25.2 Å². The Labute approximate surface area is 89.0 Å². The van der Waals surface area contributed by atoms with Gasteiger partial charge in [0.25, 0.3) is 0 Å². The highest BCUT2D eigenvalue weighted by atomic mass is 16.4. The molecule has 4 N–H and O–H groups in total. The molecule has 0 aromatic heterocycles. The average Bonchev–Trinajstić information content (AvgIpc) is 2.08. The first-order valence-electron chi connectivity index (χ1n) is 5.20. The van der Waals surface area contributed by atoms with Crippen molar-refractivity contribution in [3.05, 3.63) is 0 Å². The molecule has 86 valence electrons. The number of amides is 1. The van der Waals surface area contributed by atoms with Crippen molar-refractivity contribution in [1.82, 2.24) is 5.32 Å². The van der Waals surface area contributed by atoms with E-state index >= 15 is 0 Å². The molecule has 0 aromatic rings. The van der Waals surface area contributed by atoms with Crippen LogP contribution >= 0.6 is 0 Å². The molecular weight excluding hydrogens is 196 g/mol. The zero-order valence-electron chi connectivity index (χ0n) is 8.95. The van der Waals surface area contributed by atoms with Crippen molar-refractivity contribution in [2.45, 2.75) is 38.6 Å². The molecule has 15 heavy (non-hydrogen) atoms. The molecule has 0 aromatic carbocycles. The Hall–Kier alpha value is -1.10. The molecule has 1 fully saturated rings. The van der Waals surface area contributed by atoms with Crippen molar-refractivity contribution in [3.63, 3.8) is 0 Å². The lowest BCUT2D eigenvalue weighted by Gasteiger charge is -2.41. The summed E-state index contributed by atoms with van der Waals surface area (Å²) in [5.41, 5.74) is 5.17. The number of hydrogen-bond donors (Lipinski definition) is 3. The third kappa shape index (κ3) is 3.20. The van der Waals surface area contributed by atoms with Crippen LogP contribution in [0.4, 0.5) is 0 Å². The maximum atomic E-state index is 11.2. The van der Waals surface area contributed by atoms with Gasteiger partial charge in [-0.3, -0.25) is 9.59 Å². The van der Waals surface area contributed by atoms with Crippen LogP contribution in [0.25, 0.3) is 0 Å². The molecule has 0 bridgehead atoms. The summed E-state index contributed by atoms with van der Waals surface area (Å²) in [6.07, 6.45) is 2.92. The largest absolute Gasteiger partial charge is 0.481 e. The highest BCUT2D eigenvalue weighted by molar-refractivity contribution is 5.81. The van der Waals surface area contributed by atoms with E-state index in [2.05, 4.69) is 5.32 Å². The van der Waals surface area contributed by atoms with E-state index in [0.29, 0.717) is 6.54 Å². The number of carboxylic acids is 1. The first kappa shape index (κ1) is 12.0. The standard InChI is InChI=1S/C10H18N2O3/c1-7(11)9(15)12-6-10(3-2-4-10)5-8(13)14/h7H,2-6,11H2,1H3,(H,12,15)(H,13,14)/t7-/m1/s1. The van der Waals surface area contributed by atoms with Crippen LogP contribution in [-0.4, -0.2) is 29.6 Å². The van der Waals surface area contributed by atoms with Crippen LogP contribution in [0.1, 0.15) is 32.6 Å². The van der Waals surface area contributed by atoms with Crippen LogP contribution in [0.15, 0.2) is 0 Å². The fourth-order valence-corrected chi connectivity index (χ4v) is 1.85. The van der Waals surface area contributed by atoms with E-state index in [1.165, 1.54) is 0 Å². The van der Waals surface area contributed by atoms with Crippen LogP contribution in [0.3, 0.4) is 0 Å². The molecule has 5 heteroatoms. The highest BCUT2D eigenvalue weighted by Crippen LogP contribution is 2.43. The van der Waals surface area contributed by atoms with E-state index in [4.69, 9.17) is 10.8 Å². The van der Waals surface area contributed by atoms with Crippen LogP contribution < -0.4 is 11.1 Å². The fourth-order valence-electron chi connectivity index (χ4n) is 1.85. The third-order valence-corrected chi connectivity index (χ3v) is 2.99. The molecular formula is C10H18N2O3. The maximum Gasteiger partial charge on any atom is 0.303 e. The van der Waals surface area contributed by atoms with Crippen LogP contribution in [0.2, 0.25) is 0 Å². The number of carbonyl (C=O) groups is 2. The molecule has 1 amide bonds. The van der Waals surface area contributed by atoms with Gasteiger partial charge in [-0.25, -0.2) is 0 Å². The SMILES string of the molecule is C[C@@H](N)C(=O)NCC1(CC(=O)O)CCC1. The van der Waals surface area contributed by atoms with Crippen molar-refractivity contribution in [3.8, 4) is 0 Å². The fraction of sp³-hybridized carbons (Fsp3) is 0.800. The molecule has 0 heterocycles. The number of rotatable bonds is 5. The summed E-state index contributed by atoms with van der Waals surface area (Å²) >= 11 is 0. The van der Waals surface area contributed by atoms with Crippen LogP contribution in [0.5, 0.6) is 0 Å². The van der Waals surface area contributed by atoms with Gasteiger partial charge in [0.05, 0.1) is 12.5 Å². The Balaban J connectivity index is 2.40. The number of hydrogen-bond acceptors (Lipinski definition) is 3. The van der Waals surface area contributed by atoms with Gasteiger partial charge in [-0.15, -0.1) is 0 Å². The topological polar surface area (TPSA) is 92.4 Å². The summed E-state index contributed by atoms with van der Waals surface area (Å²) in [6, 6.07) is -0.535. The Bertz CT molecular complexity index is 259. The quantitative estimate of drug-likeness (QED) is 0.605. The molecule has 1 aliphatic carbocycles. The first-order valence-corrected chi connectivity index (χ1v) is 5.20. The monoisotopic (exact) mass is 214 g/mol. The molecule has 0 aliphatic heterocycles. The lowest BCUT2D eigenvalue weighted by atomic mass is 9.66. The van der Waals surface area contributed by atoms with Gasteiger partial charge in [0.15, 0.2) is 0 Å². The second-order valence-electron chi connectivity index (χ2n) is 4.43. The van der Waals surface area contributed by atoms with Crippen molar-refractivity contribution >= 4 is 11.9 Å². The van der Waals surface area contributed by atoms with Crippen LogP contribution in [-0.2, 0) is 9.59 Å². The summed E-state index contributed by atoms with van der Waals surface area (Å²) < 4.78 is 0. The van der Waals surface area contributed by atoms with E-state index in [0.717, 1.165) is 19.3 Å². The zero-order chi connectivity index (χ0) is 11.5. The number of carbonyl (C=O) groups excluding carboxylic acids is 1. The normalized spacial score (nSPS) is 20.1. The summed E-state index contributed by atoms with van der Waals surface area (Å²) in [6.45, 7) is 2.04. The van der Waals surface area contributed by atoms with E-state index in [-0.39, 0.29) is 17.7 Å². The van der Waals surface area contributed by atoms with Gasteiger partial charge in [0, 0.05) is 6.54 Å². The predicted molar refractivity (Wildman–Crippen MR) is 55.2 cm³/mol. The van der Waals surface area contributed by atoms with Crippen molar-refractivity contribution in [2.75, 3.05) is 6.54 Å². The van der Waals surface area contributed by atoms with Gasteiger partial charge in [-0.1, -0.05) is 6.42 Å². The average molecular weight is 214 g/mol. The Morgan fingerprint density at radius 3 is 2.47 bits per heavy atom. The lowest BCUT2D eigenvalue weighted by molar-refractivity contribution is -0.141. The van der Waals surface area contributed by atoms with Gasteiger partial charge in [0.2, 0.25) is 5.91 Å². The Morgan fingerprint density at radius 2 is 2.13 bits per heavy atom. The van der Waals surface area contributed by atoms with Crippen LogP contribution in [0, 0.1) is 5.41 Å². The van der Waals surface area contributed by atoms with Crippen molar-refractivity contribution in [2.24, 2.45) is 11.1 Å². The van der Waals surface area contributed by atoms with Gasteiger partial charge in [0.1, 0.15) is 0 Å². The summed E-state index contributed by atoms with van der Waals surface area (Å²) in [4.78, 5) is 21.9. The van der Waals surface area contributed by atoms with Crippen molar-refractivity contribution < 1.29 is 14.7 Å². The second-order valence-corrected chi connectivity index (χ2v) is 4.43. The Morgan fingerprint density at radius 1 is 1.53 bits per heavy atom. The predicted octanol–water partition coefficient (Wildman–Crippen LogP) is 0.0948. The molecule has 0 saturated heterocycles. The van der Waals surface area contributed by atoms with Gasteiger partial charge < -0.3 is 16.2 Å². The van der Waals surface area contributed by atoms with Gasteiger partial charge >= 0.3 is 5.97 Å². The zero-order valence-corrected chi connectivity index (χ0v) is 8.95. The van der Waals surface area contributed by atoms with E-state index in [9.17, 15) is 9.59 Å². The molecule has 1 atom stereocenters. The maximum absolute atomic E-state index is 11.2. The molecule has 0 radical (unpaired) electrons. The van der Waals surface area contributed by atoms with Crippen molar-refractivity contribution in [1.29, 1.82) is 0 Å². The second kappa shape index (κ2) is 4.61. The minimum atomic E-state index is -0.801. The number of nitrogens with two attached hydrogens (primary N) is 1. The van der Waals surface area contributed by atoms with E-state index < -0.39 is 12.0 Å². The molecule has 1 rings (SSSR count). The summed E-state index contributed by atoms with van der Waals surface area (Å²) in [5.74, 6) is -1.02. The molecule has 1 saturated carbocycles. The third-order valence-electron chi connectivity index (χ3n) is 2.99. The Kier molecular flexibility index (Phi) is 3.68. The van der Waals surface area contributed by atoms with Gasteiger partial charge in [-0.2, -0.15) is 0 Å². The highest BCUT2D eigenvalue weighted by Gasteiger charge is 2.39. The lowest BCUT2D eigenvalue weighted by Crippen LogP contribution is -2.47.